The number of nitriles is 1. The van der Waals surface area contributed by atoms with Gasteiger partial charge < -0.3 is 0 Å². The predicted octanol–water partition coefficient (Wildman–Crippen LogP) is 5.30. The molecule has 5 rings (SSSR count). The molecule has 1 heterocycles. The van der Waals surface area contributed by atoms with E-state index in [9.17, 15) is 20.2 Å². The number of hydrogen-bond donors (Lipinski definition) is 0. The molecule has 1 aliphatic heterocycles. The van der Waals surface area contributed by atoms with Crippen molar-refractivity contribution in [2.45, 2.75) is 0 Å². The van der Waals surface area contributed by atoms with Crippen LogP contribution in [0.25, 0.3) is 6.08 Å². The minimum atomic E-state index is -2.72. The fraction of sp³-hybridized carbons (Fsp3) is 0. The molecule has 4 aromatic rings. The lowest BCUT2D eigenvalue weighted by molar-refractivity contribution is -0.384. The van der Waals surface area contributed by atoms with Crippen molar-refractivity contribution in [1.29, 1.82) is 5.26 Å². The van der Waals surface area contributed by atoms with Gasteiger partial charge in [-0.1, -0.05) is 103 Å². The average Bonchev–Trinajstić information content (AvgIpc) is 3.32. The third-order valence-corrected chi connectivity index (χ3v) is 11.4. The maximum atomic E-state index is 13.0. The quantitative estimate of drug-likeness (QED) is 0.145. The van der Waals surface area contributed by atoms with E-state index in [1.165, 1.54) is 12.1 Å². The van der Waals surface area contributed by atoms with E-state index in [0.29, 0.717) is 20.8 Å². The summed E-state index contributed by atoms with van der Waals surface area (Å²) in [6, 6.07) is 38.2. The fourth-order valence-corrected chi connectivity index (χ4v) is 9.78. The molecular formula is C30H20N3O3PS. The van der Waals surface area contributed by atoms with E-state index in [2.05, 4.69) is 11.1 Å². The van der Waals surface area contributed by atoms with E-state index in [1.54, 1.807) is 18.2 Å². The minimum Gasteiger partial charge on any atom is -0.266 e. The highest BCUT2D eigenvalue weighted by Crippen LogP contribution is 2.48. The molecule has 0 N–H and O–H groups in total. The van der Waals surface area contributed by atoms with Gasteiger partial charge in [-0.15, -0.1) is 0 Å². The molecule has 1 aliphatic rings. The highest BCUT2D eigenvalue weighted by Gasteiger charge is 2.35. The van der Waals surface area contributed by atoms with E-state index >= 15 is 0 Å². The summed E-state index contributed by atoms with van der Waals surface area (Å²) in [4.78, 5) is 28.3. The first-order valence-electron chi connectivity index (χ1n) is 11.6. The fourth-order valence-electron chi connectivity index (χ4n) is 4.41. The van der Waals surface area contributed by atoms with Crippen LogP contribution in [0.1, 0.15) is 5.56 Å². The van der Waals surface area contributed by atoms with Gasteiger partial charge >= 0.3 is 0 Å². The number of nitro benzene ring substituents is 1. The Morgan fingerprint density at radius 3 is 1.71 bits per heavy atom. The Morgan fingerprint density at radius 1 is 0.816 bits per heavy atom. The largest absolute Gasteiger partial charge is 0.284 e. The van der Waals surface area contributed by atoms with Crippen molar-refractivity contribution in [2.75, 3.05) is 0 Å². The van der Waals surface area contributed by atoms with E-state index in [4.69, 9.17) is 0 Å². The van der Waals surface area contributed by atoms with Crippen molar-refractivity contribution in [3.63, 3.8) is 0 Å². The minimum absolute atomic E-state index is 0.0299. The molecule has 0 saturated heterocycles. The summed E-state index contributed by atoms with van der Waals surface area (Å²) < 4.78 is 0. The number of nitro groups is 1. The van der Waals surface area contributed by atoms with E-state index in [0.717, 1.165) is 27.7 Å². The van der Waals surface area contributed by atoms with Crippen molar-refractivity contribution in [2.24, 2.45) is 4.99 Å². The monoisotopic (exact) mass is 533 g/mol. The van der Waals surface area contributed by atoms with Gasteiger partial charge in [0, 0.05) is 12.1 Å². The summed E-state index contributed by atoms with van der Waals surface area (Å²) in [7, 11) is 0. The third-order valence-electron chi connectivity index (χ3n) is 6.10. The van der Waals surface area contributed by atoms with Gasteiger partial charge in [-0.25, -0.2) is 4.99 Å². The lowest BCUT2D eigenvalue weighted by Gasteiger charge is -2.30. The van der Waals surface area contributed by atoms with Crippen molar-refractivity contribution < 1.29 is 9.72 Å². The molecule has 0 aromatic heterocycles. The van der Waals surface area contributed by atoms with E-state index in [1.807, 2.05) is 91.0 Å². The lowest BCUT2D eigenvalue weighted by Crippen LogP contribution is -2.32. The van der Waals surface area contributed by atoms with E-state index < -0.39 is 17.7 Å². The first kappa shape index (κ1) is 25.2. The van der Waals surface area contributed by atoms with Crippen LogP contribution in [0.2, 0.25) is 0 Å². The Kier molecular flexibility index (Phi) is 7.19. The average molecular weight is 534 g/mol. The number of benzene rings is 4. The number of aliphatic imine (C=N–C) groups is 1. The maximum Gasteiger partial charge on any atom is 0.284 e. The predicted molar refractivity (Wildman–Crippen MR) is 157 cm³/mol. The molecular weight excluding hydrogens is 513 g/mol. The Balaban J connectivity index is 1.74. The standard InChI is InChI=1S/C30H20N3O3PS/c31-21-27(30-32-29(34)28(38-30)20-22-16-18-23(19-17-22)33(35)36)37(24-10-4-1-5-11-24,25-12-6-2-7-13-25)26-14-8-3-9-15-26/h1-20H/b28-20+. The summed E-state index contributed by atoms with van der Waals surface area (Å²) in [6.07, 6.45) is 1.65. The van der Waals surface area contributed by atoms with Gasteiger partial charge in [0.2, 0.25) is 0 Å². The summed E-state index contributed by atoms with van der Waals surface area (Å²) in [5.41, 5.74) is 0.606. The highest BCUT2D eigenvalue weighted by molar-refractivity contribution is 8.22. The molecule has 1 amide bonds. The smallest absolute Gasteiger partial charge is 0.266 e. The molecule has 0 fully saturated rings. The Labute approximate surface area is 224 Å². The number of thioether (sulfide) groups is 1. The van der Waals surface area contributed by atoms with Crippen LogP contribution in [0.4, 0.5) is 5.69 Å². The van der Waals surface area contributed by atoms with Crippen molar-refractivity contribution in [3.05, 3.63) is 136 Å². The number of carbonyl (C=O) groups excluding carboxylic acids is 1. The molecule has 0 unspecified atom stereocenters. The maximum absolute atomic E-state index is 13.0. The Morgan fingerprint density at radius 2 is 1.29 bits per heavy atom. The topological polar surface area (TPSA) is 96.4 Å². The molecule has 0 bridgehead atoms. The van der Waals surface area contributed by atoms with Gasteiger partial charge in [0.05, 0.1) is 15.1 Å². The first-order chi connectivity index (χ1) is 18.5. The van der Waals surface area contributed by atoms with Crippen LogP contribution in [-0.4, -0.2) is 21.2 Å². The SMILES string of the molecule is N#CC(C1=NC(=O)/C(=C\c2ccc([N+](=O)[O-])cc2)S1)=P(c1ccccc1)(c1ccccc1)c1ccccc1. The van der Waals surface area contributed by atoms with Crippen molar-refractivity contribution in [3.8, 4) is 6.07 Å². The third kappa shape index (κ3) is 4.64. The molecule has 0 aliphatic carbocycles. The second-order valence-corrected chi connectivity index (χ2v) is 12.7. The molecule has 0 saturated carbocycles. The second kappa shape index (κ2) is 10.9. The number of amides is 1. The zero-order valence-electron chi connectivity index (χ0n) is 20.0. The normalized spacial score (nSPS) is 14.1. The van der Waals surface area contributed by atoms with Gasteiger partial charge in [0.25, 0.3) is 11.6 Å². The Hall–Kier alpha value is -4.50. The second-order valence-electron chi connectivity index (χ2n) is 8.32. The van der Waals surface area contributed by atoms with Crippen LogP contribution in [0.15, 0.2) is 125 Å². The first-order valence-corrected chi connectivity index (χ1v) is 14.3. The molecule has 6 nitrogen and oxygen atoms in total. The van der Waals surface area contributed by atoms with E-state index in [-0.39, 0.29) is 5.69 Å². The number of non-ortho nitro benzene ring substituents is 1. The summed E-state index contributed by atoms with van der Waals surface area (Å²) in [5.74, 6) is -0.441. The number of rotatable bonds is 6. The van der Waals surface area contributed by atoms with Crippen LogP contribution in [0, 0.1) is 21.4 Å². The number of nitrogens with zero attached hydrogens (tertiary/aromatic N) is 3. The van der Waals surface area contributed by atoms with Crippen LogP contribution in [0.3, 0.4) is 0 Å². The summed E-state index contributed by atoms with van der Waals surface area (Å²) >= 11 is 1.16. The zero-order chi connectivity index (χ0) is 26.5. The van der Waals surface area contributed by atoms with Crippen LogP contribution < -0.4 is 15.9 Å². The van der Waals surface area contributed by atoms with Gasteiger partial charge in [0.15, 0.2) is 0 Å². The van der Waals surface area contributed by atoms with Crippen molar-refractivity contribution in [1.82, 2.24) is 0 Å². The van der Waals surface area contributed by atoms with Crippen LogP contribution in [-0.2, 0) is 4.79 Å². The van der Waals surface area contributed by atoms with Gasteiger partial charge in [-0.3, -0.25) is 14.9 Å². The molecule has 0 atom stereocenters. The van der Waals surface area contributed by atoms with Crippen molar-refractivity contribution >= 4 is 62.6 Å². The molecule has 0 spiro atoms. The molecule has 38 heavy (non-hydrogen) atoms. The Bertz CT molecular complexity index is 1570. The molecule has 8 heteroatoms. The number of carbonyl (C=O) groups is 1. The lowest BCUT2D eigenvalue weighted by atomic mass is 10.2. The van der Waals surface area contributed by atoms with Crippen LogP contribution in [0.5, 0.6) is 0 Å². The molecule has 184 valence electrons. The van der Waals surface area contributed by atoms with Gasteiger partial charge in [-0.2, -0.15) is 5.26 Å². The zero-order valence-corrected chi connectivity index (χ0v) is 21.7. The summed E-state index contributed by atoms with van der Waals surface area (Å²) in [5, 5.41) is 25.5. The van der Waals surface area contributed by atoms with Gasteiger partial charge in [-0.05, 0) is 46.6 Å². The molecule has 0 radical (unpaired) electrons. The molecule has 4 aromatic carbocycles. The summed E-state index contributed by atoms with van der Waals surface area (Å²) in [6.45, 7) is -2.72. The number of hydrogen-bond acceptors (Lipinski definition) is 5. The van der Waals surface area contributed by atoms with Crippen LogP contribution >= 0.6 is 18.6 Å². The highest BCUT2D eigenvalue weighted by atomic mass is 32.2. The van der Waals surface area contributed by atoms with Gasteiger partial charge in [0.1, 0.15) is 11.1 Å².